The van der Waals surface area contributed by atoms with Crippen molar-refractivity contribution >= 4 is 6.08 Å². The van der Waals surface area contributed by atoms with Gasteiger partial charge >= 0.3 is 0 Å². The zero-order chi connectivity index (χ0) is 20.0. The Hall–Kier alpha value is -2.42. The van der Waals surface area contributed by atoms with Gasteiger partial charge in [0.2, 0.25) is 0 Å². The van der Waals surface area contributed by atoms with Gasteiger partial charge in [-0.15, -0.1) is 0 Å². The second-order valence-electron chi connectivity index (χ2n) is 8.98. The van der Waals surface area contributed by atoms with E-state index in [-0.39, 0.29) is 5.41 Å². The van der Waals surface area contributed by atoms with Gasteiger partial charge in [-0.1, -0.05) is 20.8 Å². The summed E-state index contributed by atoms with van der Waals surface area (Å²) in [6.45, 7) is 17.0. The molecule has 1 aliphatic rings. The number of aromatic nitrogens is 2. The number of allylic oxidation sites excluding steroid dienone is 3. The van der Waals surface area contributed by atoms with Gasteiger partial charge in [0, 0.05) is 45.9 Å². The molecule has 2 aromatic heterocycles. The lowest BCUT2D eigenvalue weighted by Gasteiger charge is -2.31. The van der Waals surface area contributed by atoms with Crippen LogP contribution in [0.1, 0.15) is 71.0 Å². The first kappa shape index (κ1) is 19.3. The fraction of sp³-hybridized carbons (Fsp3) is 0.417. The third-order valence-electron chi connectivity index (χ3n) is 4.99. The number of aryl methyl sites for hydroxylation is 1. The summed E-state index contributed by atoms with van der Waals surface area (Å²) in [6, 6.07) is 4.30. The van der Waals surface area contributed by atoms with E-state index in [1.807, 2.05) is 19.3 Å². The quantitative estimate of drug-likeness (QED) is 0.550. The Bertz CT molecular complexity index is 943. The van der Waals surface area contributed by atoms with Crippen molar-refractivity contribution in [2.45, 2.75) is 66.4 Å². The van der Waals surface area contributed by atoms with Gasteiger partial charge in [-0.3, -0.25) is 9.97 Å². The van der Waals surface area contributed by atoms with Gasteiger partial charge in [0.15, 0.2) is 0 Å². The summed E-state index contributed by atoms with van der Waals surface area (Å²) >= 11 is 0. The molecule has 0 saturated heterocycles. The molecule has 0 atom stereocenters. The van der Waals surface area contributed by atoms with Crippen molar-refractivity contribution in [1.29, 1.82) is 0 Å². The standard InChI is InChI=1S/C24H30N2O/c1-15-11-16(2)27-24(7,8)20-9-10-25-17(3)22(20)19-13-21(23(4,5)6)26-14-18(19)12-15/h9-14H,1-8H3/b15-12-,16-11-. The normalized spacial score (nSPS) is 20.3. The van der Waals surface area contributed by atoms with E-state index in [4.69, 9.17) is 9.72 Å². The molecule has 2 aromatic rings. The van der Waals surface area contributed by atoms with E-state index in [1.54, 1.807) is 0 Å². The van der Waals surface area contributed by atoms with Gasteiger partial charge in [-0.25, -0.2) is 0 Å². The molecular formula is C24H30N2O. The predicted molar refractivity (Wildman–Crippen MR) is 112 cm³/mol. The highest BCUT2D eigenvalue weighted by Crippen LogP contribution is 2.40. The number of rotatable bonds is 0. The zero-order valence-corrected chi connectivity index (χ0v) is 17.8. The lowest BCUT2D eigenvalue weighted by molar-refractivity contribution is 0.0331. The van der Waals surface area contributed by atoms with E-state index >= 15 is 0 Å². The highest BCUT2D eigenvalue weighted by molar-refractivity contribution is 5.80. The first-order valence-electron chi connectivity index (χ1n) is 9.51. The maximum absolute atomic E-state index is 6.36. The summed E-state index contributed by atoms with van der Waals surface area (Å²) in [5, 5.41) is 0. The van der Waals surface area contributed by atoms with Gasteiger partial charge in [0.25, 0.3) is 0 Å². The van der Waals surface area contributed by atoms with E-state index < -0.39 is 5.60 Å². The summed E-state index contributed by atoms with van der Waals surface area (Å²) in [5.41, 5.74) is 7.28. The Morgan fingerprint density at radius 2 is 1.70 bits per heavy atom. The molecule has 3 heterocycles. The van der Waals surface area contributed by atoms with E-state index in [0.717, 1.165) is 39.4 Å². The van der Waals surface area contributed by atoms with Crippen molar-refractivity contribution in [3.05, 3.63) is 64.4 Å². The van der Waals surface area contributed by atoms with Crippen molar-refractivity contribution in [2.75, 3.05) is 0 Å². The van der Waals surface area contributed by atoms with Crippen LogP contribution >= 0.6 is 0 Å². The molecule has 142 valence electrons. The fourth-order valence-electron chi connectivity index (χ4n) is 3.71. The Morgan fingerprint density at radius 1 is 1.00 bits per heavy atom. The van der Waals surface area contributed by atoms with Crippen LogP contribution in [0.3, 0.4) is 0 Å². The minimum atomic E-state index is -0.469. The number of hydrogen-bond donors (Lipinski definition) is 0. The third-order valence-corrected chi connectivity index (χ3v) is 4.99. The Balaban J connectivity index is 2.44. The number of fused-ring (bicyclic) bond motifs is 3. The second-order valence-corrected chi connectivity index (χ2v) is 8.98. The van der Waals surface area contributed by atoms with Crippen LogP contribution < -0.4 is 0 Å². The SMILES string of the molecule is CC1=C/c2cnc(C(C)(C)C)cc2-c2c(ccnc2C)C(C)(C)O/C(C)=C\1. The maximum Gasteiger partial charge on any atom is 0.129 e. The Morgan fingerprint density at radius 3 is 2.37 bits per heavy atom. The molecule has 0 saturated carbocycles. The largest absolute Gasteiger partial charge is 0.488 e. The van der Waals surface area contributed by atoms with E-state index in [0.29, 0.717) is 0 Å². The number of ether oxygens (including phenoxy) is 1. The highest BCUT2D eigenvalue weighted by atomic mass is 16.5. The van der Waals surface area contributed by atoms with Gasteiger partial charge in [-0.2, -0.15) is 0 Å². The lowest BCUT2D eigenvalue weighted by Crippen LogP contribution is -2.23. The first-order valence-corrected chi connectivity index (χ1v) is 9.51. The molecule has 0 amide bonds. The summed E-state index contributed by atoms with van der Waals surface area (Å²) in [5.74, 6) is 0.900. The van der Waals surface area contributed by atoms with Crippen molar-refractivity contribution in [3.8, 4) is 11.1 Å². The number of pyridine rings is 2. The molecule has 3 nitrogen and oxygen atoms in total. The number of nitrogens with zero attached hydrogens (tertiary/aromatic N) is 2. The summed E-state index contributed by atoms with van der Waals surface area (Å²) < 4.78 is 6.36. The van der Waals surface area contributed by atoms with E-state index in [2.05, 4.69) is 77.7 Å². The number of hydrogen-bond acceptors (Lipinski definition) is 3. The van der Waals surface area contributed by atoms with Crippen molar-refractivity contribution in [1.82, 2.24) is 9.97 Å². The molecule has 0 N–H and O–H groups in total. The fourth-order valence-corrected chi connectivity index (χ4v) is 3.71. The monoisotopic (exact) mass is 362 g/mol. The van der Waals surface area contributed by atoms with Crippen molar-refractivity contribution in [3.63, 3.8) is 0 Å². The van der Waals surface area contributed by atoms with Crippen molar-refractivity contribution in [2.24, 2.45) is 0 Å². The molecule has 0 aliphatic carbocycles. The summed E-state index contributed by atoms with van der Waals surface area (Å²) in [4.78, 5) is 9.37. The Labute approximate surface area is 163 Å². The molecular weight excluding hydrogens is 332 g/mol. The molecule has 0 bridgehead atoms. The molecule has 0 fully saturated rings. The molecule has 3 heteroatoms. The van der Waals surface area contributed by atoms with Crippen LogP contribution in [0.4, 0.5) is 0 Å². The highest BCUT2D eigenvalue weighted by Gasteiger charge is 2.29. The molecule has 0 aromatic carbocycles. The van der Waals surface area contributed by atoms with E-state index in [9.17, 15) is 0 Å². The molecule has 0 radical (unpaired) electrons. The minimum absolute atomic E-state index is 0.0259. The van der Waals surface area contributed by atoms with Crippen LogP contribution in [0.15, 0.2) is 41.9 Å². The molecule has 0 unspecified atom stereocenters. The van der Waals surface area contributed by atoms with Gasteiger partial charge in [0.05, 0.1) is 5.76 Å². The van der Waals surface area contributed by atoms with Crippen LogP contribution in [0, 0.1) is 6.92 Å². The van der Waals surface area contributed by atoms with E-state index in [1.165, 1.54) is 5.56 Å². The zero-order valence-electron chi connectivity index (χ0n) is 17.8. The maximum atomic E-state index is 6.36. The van der Waals surface area contributed by atoms with Crippen LogP contribution in [-0.2, 0) is 15.8 Å². The van der Waals surface area contributed by atoms with Crippen LogP contribution in [0.2, 0.25) is 0 Å². The van der Waals surface area contributed by atoms with Crippen LogP contribution in [0.25, 0.3) is 17.2 Å². The third kappa shape index (κ3) is 3.83. The summed E-state index contributed by atoms with van der Waals surface area (Å²) in [6.07, 6.45) is 8.13. The molecule has 3 rings (SSSR count). The van der Waals surface area contributed by atoms with Crippen LogP contribution in [-0.4, -0.2) is 9.97 Å². The summed E-state index contributed by atoms with van der Waals surface area (Å²) in [7, 11) is 0. The average molecular weight is 363 g/mol. The molecule has 0 spiro atoms. The lowest BCUT2D eigenvalue weighted by atomic mass is 9.84. The van der Waals surface area contributed by atoms with Crippen molar-refractivity contribution < 1.29 is 4.74 Å². The molecule has 27 heavy (non-hydrogen) atoms. The smallest absolute Gasteiger partial charge is 0.129 e. The second kappa shape index (κ2) is 6.63. The first-order chi connectivity index (χ1) is 12.5. The Kier molecular flexibility index (Phi) is 4.75. The predicted octanol–water partition coefficient (Wildman–Crippen LogP) is 6.32. The van der Waals surface area contributed by atoms with Crippen LogP contribution in [0.5, 0.6) is 0 Å². The molecule has 1 aliphatic heterocycles. The topological polar surface area (TPSA) is 35.0 Å². The average Bonchev–Trinajstić information content (AvgIpc) is 2.52. The van der Waals surface area contributed by atoms with Gasteiger partial charge in [-0.05, 0) is 70.0 Å². The van der Waals surface area contributed by atoms with Gasteiger partial charge < -0.3 is 4.74 Å². The van der Waals surface area contributed by atoms with Gasteiger partial charge in [0.1, 0.15) is 5.60 Å². The minimum Gasteiger partial charge on any atom is -0.488 e.